The van der Waals surface area contributed by atoms with E-state index in [0.29, 0.717) is 10.7 Å². The molecule has 0 saturated heterocycles. The van der Waals surface area contributed by atoms with Gasteiger partial charge in [-0.3, -0.25) is 24.8 Å². The molecule has 1 amide bonds. The number of carbonyl (C=O) groups excluding carboxylic acids is 2. The number of ketones is 1. The lowest BCUT2D eigenvalue weighted by molar-refractivity contribution is -0.122. The molecule has 0 aromatic heterocycles. The van der Waals surface area contributed by atoms with Crippen LogP contribution in [0.2, 0.25) is 0 Å². The van der Waals surface area contributed by atoms with Gasteiger partial charge in [0.2, 0.25) is 6.17 Å². The zero-order valence-electron chi connectivity index (χ0n) is 17.1. The van der Waals surface area contributed by atoms with Gasteiger partial charge >= 0.3 is 0 Å². The van der Waals surface area contributed by atoms with Gasteiger partial charge in [0.25, 0.3) is 5.91 Å². The van der Waals surface area contributed by atoms with Crippen molar-refractivity contribution in [2.75, 3.05) is 4.90 Å². The van der Waals surface area contributed by atoms with E-state index in [1.807, 2.05) is 32.0 Å². The van der Waals surface area contributed by atoms with Crippen molar-refractivity contribution in [3.63, 3.8) is 0 Å². The van der Waals surface area contributed by atoms with Crippen molar-refractivity contribution in [1.29, 1.82) is 0 Å². The highest BCUT2D eigenvalue weighted by atomic mass is 32.2. The van der Waals surface area contributed by atoms with Crippen molar-refractivity contribution >= 4 is 34.3 Å². The summed E-state index contributed by atoms with van der Waals surface area (Å²) in [6, 6.07) is 8.86. The molecule has 6 nitrogen and oxygen atoms in total. The van der Waals surface area contributed by atoms with Gasteiger partial charge in [-0.15, -0.1) is 0 Å². The number of hydrogen-bond acceptors (Lipinski definition) is 6. The van der Waals surface area contributed by atoms with Crippen LogP contribution < -0.4 is 10.3 Å². The van der Waals surface area contributed by atoms with Crippen LogP contribution in [0.25, 0.3) is 0 Å². The topological polar surface area (TPSA) is 65.0 Å². The molecule has 2 unspecified atom stereocenters. The van der Waals surface area contributed by atoms with Crippen LogP contribution in [-0.2, 0) is 4.79 Å². The van der Waals surface area contributed by atoms with Gasteiger partial charge in [-0.1, -0.05) is 23.9 Å². The molecular formula is C22H20F2N4O2S. The average Bonchev–Trinajstić information content (AvgIpc) is 3.15. The van der Waals surface area contributed by atoms with Crippen LogP contribution in [0.3, 0.4) is 0 Å². The Morgan fingerprint density at radius 3 is 2.58 bits per heavy atom. The second kappa shape index (κ2) is 8.14. The molecule has 9 heteroatoms. The highest BCUT2D eigenvalue weighted by molar-refractivity contribution is 8.14. The number of nitrogens with one attached hydrogen (secondary N) is 1. The maximum Gasteiger partial charge on any atom is 0.276 e. The maximum atomic E-state index is 13.6. The van der Waals surface area contributed by atoms with Crippen molar-refractivity contribution in [2.45, 2.75) is 32.2 Å². The van der Waals surface area contributed by atoms with E-state index < -0.39 is 29.0 Å². The maximum absolute atomic E-state index is 13.6. The number of fused-ring (bicyclic) bond motifs is 1. The summed E-state index contributed by atoms with van der Waals surface area (Å²) in [7, 11) is 0. The third-order valence-corrected chi connectivity index (χ3v) is 6.33. The summed E-state index contributed by atoms with van der Waals surface area (Å²) in [5.41, 5.74) is 5.75. The number of amidine groups is 1. The minimum absolute atomic E-state index is 0.0324. The quantitative estimate of drug-likeness (QED) is 0.728. The number of hydrazone groups is 1. The van der Waals surface area contributed by atoms with Crippen molar-refractivity contribution in [2.24, 2.45) is 5.10 Å². The Labute approximate surface area is 182 Å². The Bertz CT molecular complexity index is 1130. The van der Waals surface area contributed by atoms with Gasteiger partial charge in [0.15, 0.2) is 22.6 Å². The Morgan fingerprint density at radius 2 is 1.87 bits per heavy atom. The lowest BCUT2D eigenvalue weighted by atomic mass is 10.0. The number of hydrogen-bond donors (Lipinski definition) is 1. The van der Waals surface area contributed by atoms with Crippen molar-refractivity contribution in [3.05, 3.63) is 77.1 Å². The van der Waals surface area contributed by atoms with E-state index in [2.05, 4.69) is 10.5 Å². The number of carbonyl (C=O) groups is 2. The molecule has 2 aromatic rings. The van der Waals surface area contributed by atoms with Gasteiger partial charge < -0.3 is 0 Å². The van der Waals surface area contributed by atoms with Crippen molar-refractivity contribution in [3.8, 4) is 0 Å². The minimum atomic E-state index is -1.04. The molecule has 2 aliphatic heterocycles. The largest absolute Gasteiger partial charge is 0.294 e. The van der Waals surface area contributed by atoms with Gasteiger partial charge in [0.05, 0.1) is 10.9 Å². The zero-order valence-corrected chi connectivity index (χ0v) is 17.9. The number of rotatable bonds is 4. The number of benzene rings is 2. The minimum Gasteiger partial charge on any atom is -0.294 e. The molecule has 0 aliphatic carbocycles. The second-order valence-corrected chi connectivity index (χ2v) is 8.67. The van der Waals surface area contributed by atoms with Gasteiger partial charge in [0.1, 0.15) is 0 Å². The predicted molar refractivity (Wildman–Crippen MR) is 116 cm³/mol. The fourth-order valence-electron chi connectivity index (χ4n) is 3.29. The summed E-state index contributed by atoms with van der Waals surface area (Å²) in [5.74, 6) is -2.45. The standard InChI is InChI=1S/C22H20F2N4O2S/c1-12-4-5-15(10-13(12)2)19(29)14(3)31-22-26-25-20-21(30)27(8-9-28(20)22)16-6-7-17(23)18(24)11-16/h4-11,14,20,25H,1-3H3. The van der Waals surface area contributed by atoms with E-state index in [0.717, 1.165) is 23.3 Å². The highest BCUT2D eigenvalue weighted by Gasteiger charge is 2.39. The Kier molecular flexibility index (Phi) is 5.53. The van der Waals surface area contributed by atoms with Crippen LogP contribution in [0.4, 0.5) is 14.5 Å². The van der Waals surface area contributed by atoms with Gasteiger partial charge in [-0.25, -0.2) is 8.78 Å². The summed E-state index contributed by atoms with van der Waals surface area (Å²) in [6.45, 7) is 5.74. The molecule has 0 fully saturated rings. The Balaban J connectivity index is 1.48. The van der Waals surface area contributed by atoms with E-state index in [4.69, 9.17) is 0 Å². The number of thioether (sulfide) groups is 1. The molecule has 2 aliphatic rings. The number of halogens is 2. The molecule has 2 heterocycles. The Morgan fingerprint density at radius 1 is 1.10 bits per heavy atom. The molecule has 2 aromatic carbocycles. The zero-order chi connectivity index (χ0) is 22.3. The van der Waals surface area contributed by atoms with Crippen LogP contribution in [0.1, 0.15) is 28.4 Å². The Hall–Kier alpha value is -3.20. The summed E-state index contributed by atoms with van der Waals surface area (Å²) < 4.78 is 26.8. The van der Waals surface area contributed by atoms with Crippen LogP contribution in [0, 0.1) is 25.5 Å². The first-order valence-electron chi connectivity index (χ1n) is 9.62. The lowest BCUT2D eigenvalue weighted by Gasteiger charge is -2.32. The normalized spacial score (nSPS) is 18.5. The molecule has 31 heavy (non-hydrogen) atoms. The summed E-state index contributed by atoms with van der Waals surface area (Å²) >= 11 is 1.24. The summed E-state index contributed by atoms with van der Waals surface area (Å²) in [4.78, 5) is 28.6. The third-order valence-electron chi connectivity index (χ3n) is 5.25. The van der Waals surface area contributed by atoms with E-state index in [9.17, 15) is 18.4 Å². The van der Waals surface area contributed by atoms with Gasteiger partial charge in [0, 0.05) is 24.0 Å². The van der Waals surface area contributed by atoms with E-state index in [-0.39, 0.29) is 11.5 Å². The van der Waals surface area contributed by atoms with Crippen LogP contribution in [-0.4, -0.2) is 33.2 Å². The van der Waals surface area contributed by atoms with E-state index in [1.165, 1.54) is 28.9 Å². The monoisotopic (exact) mass is 442 g/mol. The summed E-state index contributed by atoms with van der Waals surface area (Å²) in [5, 5.41) is 4.26. The van der Waals surface area contributed by atoms with Crippen LogP contribution >= 0.6 is 11.8 Å². The average molecular weight is 442 g/mol. The highest BCUT2D eigenvalue weighted by Crippen LogP contribution is 2.29. The molecule has 0 radical (unpaired) electrons. The molecule has 0 bridgehead atoms. The van der Waals surface area contributed by atoms with Gasteiger partial charge in [-0.2, -0.15) is 5.10 Å². The first-order valence-corrected chi connectivity index (χ1v) is 10.5. The molecule has 2 atom stereocenters. The summed E-state index contributed by atoms with van der Waals surface area (Å²) in [6.07, 6.45) is 2.25. The lowest BCUT2D eigenvalue weighted by Crippen LogP contribution is -2.52. The third kappa shape index (κ3) is 3.93. The number of Topliss-reactive ketones (excluding diaryl/α,β-unsaturated/α-hetero) is 1. The fraction of sp³-hybridized carbons (Fsp3) is 0.227. The molecule has 1 N–H and O–H groups in total. The molecule has 0 saturated carbocycles. The van der Waals surface area contributed by atoms with Crippen LogP contribution in [0.15, 0.2) is 53.9 Å². The van der Waals surface area contributed by atoms with Crippen molar-refractivity contribution < 1.29 is 18.4 Å². The first kappa shape index (κ1) is 21.0. The molecule has 0 spiro atoms. The predicted octanol–water partition coefficient (Wildman–Crippen LogP) is 3.91. The number of aryl methyl sites for hydroxylation is 2. The van der Waals surface area contributed by atoms with Crippen molar-refractivity contribution in [1.82, 2.24) is 10.3 Å². The number of nitrogens with zero attached hydrogens (tertiary/aromatic N) is 3. The van der Waals surface area contributed by atoms with Crippen LogP contribution in [0.5, 0.6) is 0 Å². The van der Waals surface area contributed by atoms with Gasteiger partial charge in [-0.05, 0) is 50.1 Å². The number of amides is 1. The SMILES string of the molecule is Cc1ccc(C(=O)C(C)SC2=NNC3C(=O)N(c4ccc(F)c(F)c4)C=CN23)cc1C. The van der Waals surface area contributed by atoms with E-state index in [1.54, 1.807) is 18.0 Å². The van der Waals surface area contributed by atoms with E-state index >= 15 is 0 Å². The number of anilines is 1. The molecule has 4 rings (SSSR count). The molecular weight excluding hydrogens is 422 g/mol. The fourth-order valence-corrected chi connectivity index (χ4v) is 4.24. The molecule has 160 valence electrons. The smallest absolute Gasteiger partial charge is 0.276 e. The second-order valence-electron chi connectivity index (χ2n) is 7.36. The first-order chi connectivity index (χ1) is 14.8.